The van der Waals surface area contributed by atoms with Gasteiger partial charge in [-0.05, 0) is 55.8 Å². The van der Waals surface area contributed by atoms with Gasteiger partial charge in [-0.2, -0.15) is 0 Å². The number of rotatable bonds is 4. The zero-order valence-corrected chi connectivity index (χ0v) is 17.0. The predicted molar refractivity (Wildman–Crippen MR) is 112 cm³/mol. The summed E-state index contributed by atoms with van der Waals surface area (Å²) in [7, 11) is 0. The Hall–Kier alpha value is -2.87. The van der Waals surface area contributed by atoms with Gasteiger partial charge in [-0.3, -0.25) is 19.3 Å². The molecule has 2 aliphatic rings. The average Bonchev–Trinajstić information content (AvgIpc) is 3.27. The molecule has 1 aromatic carbocycles. The van der Waals surface area contributed by atoms with E-state index in [-0.39, 0.29) is 24.3 Å². The third-order valence-corrected chi connectivity index (χ3v) is 6.04. The molecule has 1 atom stereocenters. The van der Waals surface area contributed by atoms with Gasteiger partial charge in [0.1, 0.15) is 12.3 Å². The number of amides is 3. The van der Waals surface area contributed by atoms with E-state index < -0.39 is 6.10 Å². The van der Waals surface area contributed by atoms with E-state index in [2.05, 4.69) is 5.32 Å². The van der Waals surface area contributed by atoms with Crippen molar-refractivity contribution < 1.29 is 19.1 Å². The van der Waals surface area contributed by atoms with Gasteiger partial charge in [0, 0.05) is 18.8 Å². The van der Waals surface area contributed by atoms with E-state index >= 15 is 0 Å². The molecule has 1 fully saturated rings. The van der Waals surface area contributed by atoms with Gasteiger partial charge in [0.15, 0.2) is 6.10 Å². The second-order valence-corrected chi connectivity index (χ2v) is 8.19. The third kappa shape index (κ3) is 4.12. The van der Waals surface area contributed by atoms with Crippen LogP contribution < -0.4 is 15.0 Å². The molecule has 3 heterocycles. The Bertz CT molecular complexity index is 922. The summed E-state index contributed by atoms with van der Waals surface area (Å²) in [6, 6.07) is 8.71. The Morgan fingerprint density at radius 1 is 1.21 bits per heavy atom. The number of carbonyl (C=O) groups is 3. The van der Waals surface area contributed by atoms with Crippen LogP contribution in [0.5, 0.6) is 5.75 Å². The molecule has 0 radical (unpaired) electrons. The van der Waals surface area contributed by atoms with E-state index in [0.29, 0.717) is 22.0 Å². The molecule has 2 aromatic rings. The Morgan fingerprint density at radius 2 is 2.00 bits per heavy atom. The van der Waals surface area contributed by atoms with Crippen molar-refractivity contribution in [2.45, 2.75) is 32.3 Å². The quantitative estimate of drug-likeness (QED) is 0.835. The van der Waals surface area contributed by atoms with Crippen LogP contribution >= 0.6 is 11.3 Å². The number of fused-ring (bicyclic) bond motifs is 1. The predicted octanol–water partition coefficient (Wildman–Crippen LogP) is 3.13. The summed E-state index contributed by atoms with van der Waals surface area (Å²) in [5.74, 6) is -0.0132. The van der Waals surface area contributed by atoms with E-state index in [0.717, 1.165) is 32.4 Å². The lowest BCUT2D eigenvalue weighted by atomic mass is 10.1. The van der Waals surface area contributed by atoms with Crippen LogP contribution in [0.2, 0.25) is 0 Å². The maximum Gasteiger partial charge on any atom is 0.268 e. The Kier molecular flexibility index (Phi) is 5.53. The van der Waals surface area contributed by atoms with Crippen molar-refractivity contribution in [2.24, 2.45) is 0 Å². The van der Waals surface area contributed by atoms with Gasteiger partial charge in [0.25, 0.3) is 11.8 Å². The molecule has 1 unspecified atom stereocenters. The molecule has 7 nitrogen and oxygen atoms in total. The molecule has 0 saturated carbocycles. The summed E-state index contributed by atoms with van der Waals surface area (Å²) < 4.78 is 5.71. The van der Waals surface area contributed by atoms with Crippen molar-refractivity contribution in [3.63, 3.8) is 0 Å². The minimum absolute atomic E-state index is 0.0259. The fraction of sp³-hybridized carbons (Fsp3) is 0.381. The van der Waals surface area contributed by atoms with Crippen molar-refractivity contribution >= 4 is 40.4 Å². The van der Waals surface area contributed by atoms with Crippen LogP contribution in [0.1, 0.15) is 35.9 Å². The number of carbonyl (C=O) groups excluding carboxylic acids is 3. The number of likely N-dealkylation sites (tertiary alicyclic amines) is 1. The van der Waals surface area contributed by atoms with Gasteiger partial charge in [-0.25, -0.2) is 0 Å². The number of benzene rings is 1. The highest BCUT2D eigenvalue weighted by Crippen LogP contribution is 2.36. The number of anilines is 2. The summed E-state index contributed by atoms with van der Waals surface area (Å²) in [5.41, 5.74) is 1.05. The van der Waals surface area contributed by atoms with Crippen LogP contribution in [0, 0.1) is 0 Å². The molecular weight excluding hydrogens is 390 g/mol. The first kappa shape index (κ1) is 19.4. The Morgan fingerprint density at radius 3 is 2.72 bits per heavy atom. The number of hydrogen-bond acceptors (Lipinski definition) is 5. The third-order valence-electron chi connectivity index (χ3n) is 5.17. The average molecular weight is 413 g/mol. The highest BCUT2D eigenvalue weighted by Gasteiger charge is 2.34. The normalized spacial score (nSPS) is 18.8. The smallest absolute Gasteiger partial charge is 0.268 e. The van der Waals surface area contributed by atoms with Crippen LogP contribution in [0.4, 0.5) is 11.4 Å². The van der Waals surface area contributed by atoms with Gasteiger partial charge in [-0.15, -0.1) is 11.3 Å². The zero-order valence-electron chi connectivity index (χ0n) is 16.2. The van der Waals surface area contributed by atoms with Crippen molar-refractivity contribution in [2.75, 3.05) is 29.9 Å². The van der Waals surface area contributed by atoms with Gasteiger partial charge >= 0.3 is 0 Å². The second kappa shape index (κ2) is 8.24. The molecule has 0 spiro atoms. The number of ether oxygens (including phenoxy) is 1. The molecule has 4 rings (SSSR count). The first-order chi connectivity index (χ1) is 14.0. The highest BCUT2D eigenvalue weighted by atomic mass is 32.1. The minimum Gasteiger partial charge on any atom is -0.479 e. The van der Waals surface area contributed by atoms with Gasteiger partial charge in [0.05, 0.1) is 10.6 Å². The number of nitrogens with zero attached hydrogens (tertiary/aromatic N) is 2. The van der Waals surface area contributed by atoms with Crippen molar-refractivity contribution in [3.8, 4) is 5.75 Å². The van der Waals surface area contributed by atoms with Gasteiger partial charge in [0.2, 0.25) is 5.91 Å². The number of piperidine rings is 1. The SMILES string of the molecule is CC1Oc2ccc(NC(=O)c3cccs3)cc2N(CC(=O)N2CCCCC2)C1=O. The molecule has 0 aliphatic carbocycles. The van der Waals surface area contributed by atoms with Gasteiger partial charge < -0.3 is 15.0 Å². The number of hydrogen-bond donors (Lipinski definition) is 1. The van der Waals surface area contributed by atoms with E-state index in [9.17, 15) is 14.4 Å². The molecule has 2 aliphatic heterocycles. The second-order valence-electron chi connectivity index (χ2n) is 7.24. The molecular formula is C21H23N3O4S. The van der Waals surface area contributed by atoms with Crippen LogP contribution in [0.25, 0.3) is 0 Å². The number of thiophene rings is 1. The molecule has 29 heavy (non-hydrogen) atoms. The minimum atomic E-state index is -0.664. The summed E-state index contributed by atoms with van der Waals surface area (Å²) in [6.45, 7) is 3.12. The van der Waals surface area contributed by atoms with E-state index in [1.165, 1.54) is 16.2 Å². The lowest BCUT2D eigenvalue weighted by molar-refractivity contribution is -0.133. The Labute approximate surface area is 173 Å². The molecule has 1 aromatic heterocycles. The van der Waals surface area contributed by atoms with Crippen LogP contribution in [0.15, 0.2) is 35.7 Å². The topological polar surface area (TPSA) is 79.0 Å². The largest absolute Gasteiger partial charge is 0.479 e. The molecule has 0 bridgehead atoms. The summed E-state index contributed by atoms with van der Waals surface area (Å²) in [6.07, 6.45) is 2.46. The van der Waals surface area contributed by atoms with E-state index in [4.69, 9.17) is 4.74 Å². The lowest BCUT2D eigenvalue weighted by Crippen LogP contribution is -2.50. The van der Waals surface area contributed by atoms with Gasteiger partial charge in [-0.1, -0.05) is 6.07 Å². The molecule has 8 heteroatoms. The standard InChI is InChI=1S/C21H23N3O4S/c1-14-21(27)24(13-19(25)23-9-3-2-4-10-23)16-12-15(7-8-17(16)28-14)22-20(26)18-6-5-11-29-18/h5-8,11-12,14H,2-4,9-10,13H2,1H3,(H,22,26). The van der Waals surface area contributed by atoms with Crippen LogP contribution in [0.3, 0.4) is 0 Å². The molecule has 152 valence electrons. The maximum atomic E-state index is 12.8. The first-order valence-corrected chi connectivity index (χ1v) is 10.7. The van der Waals surface area contributed by atoms with Crippen LogP contribution in [-0.2, 0) is 9.59 Å². The van der Waals surface area contributed by atoms with Crippen molar-refractivity contribution in [3.05, 3.63) is 40.6 Å². The Balaban J connectivity index is 1.57. The summed E-state index contributed by atoms with van der Waals surface area (Å²) in [5, 5.41) is 4.68. The first-order valence-electron chi connectivity index (χ1n) is 9.77. The highest BCUT2D eigenvalue weighted by molar-refractivity contribution is 7.12. The van der Waals surface area contributed by atoms with E-state index in [1.807, 2.05) is 16.3 Å². The maximum absolute atomic E-state index is 12.8. The summed E-state index contributed by atoms with van der Waals surface area (Å²) >= 11 is 1.35. The molecule has 1 saturated heterocycles. The van der Waals surface area contributed by atoms with Crippen molar-refractivity contribution in [1.82, 2.24) is 4.90 Å². The lowest BCUT2D eigenvalue weighted by Gasteiger charge is -2.35. The molecule has 3 amide bonds. The zero-order chi connectivity index (χ0) is 20.4. The van der Waals surface area contributed by atoms with Crippen molar-refractivity contribution in [1.29, 1.82) is 0 Å². The van der Waals surface area contributed by atoms with Crippen LogP contribution in [-0.4, -0.2) is 48.4 Å². The fourth-order valence-corrected chi connectivity index (χ4v) is 4.25. The summed E-state index contributed by atoms with van der Waals surface area (Å²) in [4.78, 5) is 41.8. The number of nitrogens with one attached hydrogen (secondary N) is 1. The fourth-order valence-electron chi connectivity index (χ4n) is 3.63. The van der Waals surface area contributed by atoms with E-state index in [1.54, 1.807) is 31.2 Å². The molecule has 1 N–H and O–H groups in total. The monoisotopic (exact) mass is 413 g/mol.